The Morgan fingerprint density at radius 2 is 1.91 bits per heavy atom. The molecule has 0 bridgehead atoms. The first-order valence-electron chi connectivity index (χ1n) is 7.54. The van der Waals surface area contributed by atoms with Crippen LogP contribution in [-0.4, -0.2) is 46.3 Å². The normalized spacial score (nSPS) is 22.0. The first kappa shape index (κ1) is 14.0. The minimum atomic E-state index is -0.604. The van der Waals surface area contributed by atoms with Gasteiger partial charge in [0, 0.05) is 31.2 Å². The zero-order valence-electron chi connectivity index (χ0n) is 12.7. The lowest BCUT2D eigenvalue weighted by Gasteiger charge is -2.62. The van der Waals surface area contributed by atoms with Crippen LogP contribution in [0, 0.1) is 6.92 Å². The highest BCUT2D eigenvalue weighted by molar-refractivity contribution is 5.92. The molecule has 2 aromatic rings. The lowest BCUT2D eigenvalue weighted by molar-refractivity contribution is 0.0705. The van der Waals surface area contributed by atoms with E-state index in [0.29, 0.717) is 18.0 Å². The molecule has 0 aliphatic carbocycles. The second-order valence-corrected chi connectivity index (χ2v) is 5.99. The lowest BCUT2D eigenvalue weighted by atomic mass is 9.85. The highest BCUT2D eigenvalue weighted by Crippen LogP contribution is 2.38. The standard InChI is InChI=1S/C16H17N5O2/c1-10-3-2-4-12(5-10)20-8-14-13(20)9-21(14)16-17-6-11(7-18-16)15(22)19-23/h2-7,13-14,23H,8-9H2,1H3,(H,19,22)/t13?,14-/m1/s1. The van der Waals surface area contributed by atoms with Gasteiger partial charge in [0.25, 0.3) is 5.91 Å². The Kier molecular flexibility index (Phi) is 3.16. The number of anilines is 2. The topological polar surface area (TPSA) is 81.6 Å². The Balaban J connectivity index is 1.43. The van der Waals surface area contributed by atoms with Gasteiger partial charge in [0.05, 0.1) is 17.6 Å². The molecule has 2 atom stereocenters. The lowest BCUT2D eigenvalue weighted by Crippen LogP contribution is -2.79. The zero-order valence-corrected chi connectivity index (χ0v) is 12.7. The van der Waals surface area contributed by atoms with Crippen LogP contribution in [0.15, 0.2) is 36.7 Å². The molecule has 118 valence electrons. The number of nitrogens with zero attached hydrogens (tertiary/aromatic N) is 4. The fourth-order valence-electron chi connectivity index (χ4n) is 3.24. The molecule has 3 heterocycles. The molecule has 0 radical (unpaired) electrons. The maximum absolute atomic E-state index is 11.3. The van der Waals surface area contributed by atoms with Gasteiger partial charge in [0.15, 0.2) is 0 Å². The van der Waals surface area contributed by atoms with Gasteiger partial charge in [-0.2, -0.15) is 0 Å². The van der Waals surface area contributed by atoms with Crippen molar-refractivity contribution in [2.75, 3.05) is 22.9 Å². The summed E-state index contributed by atoms with van der Waals surface area (Å²) in [5.41, 5.74) is 4.35. The molecule has 2 fully saturated rings. The summed E-state index contributed by atoms with van der Waals surface area (Å²) < 4.78 is 0. The summed E-state index contributed by atoms with van der Waals surface area (Å²) >= 11 is 0. The molecule has 23 heavy (non-hydrogen) atoms. The van der Waals surface area contributed by atoms with E-state index in [9.17, 15) is 4.79 Å². The minimum absolute atomic E-state index is 0.239. The third-order valence-corrected chi connectivity index (χ3v) is 4.60. The van der Waals surface area contributed by atoms with Crippen LogP contribution in [0.25, 0.3) is 0 Å². The van der Waals surface area contributed by atoms with Crippen molar-refractivity contribution in [2.24, 2.45) is 0 Å². The first-order valence-corrected chi connectivity index (χ1v) is 7.54. The van der Waals surface area contributed by atoms with Gasteiger partial charge < -0.3 is 9.80 Å². The molecule has 1 aromatic heterocycles. The number of carbonyl (C=O) groups is 1. The summed E-state index contributed by atoms with van der Waals surface area (Å²) in [7, 11) is 0. The molecule has 4 rings (SSSR count). The fraction of sp³-hybridized carbons (Fsp3) is 0.312. The molecular weight excluding hydrogens is 294 g/mol. The summed E-state index contributed by atoms with van der Waals surface area (Å²) in [5.74, 6) is 0.0249. The Morgan fingerprint density at radius 1 is 1.22 bits per heavy atom. The number of carbonyl (C=O) groups excluding carboxylic acids is 1. The number of benzene rings is 1. The van der Waals surface area contributed by atoms with Crippen molar-refractivity contribution < 1.29 is 10.0 Å². The van der Waals surface area contributed by atoms with E-state index in [1.165, 1.54) is 23.6 Å². The number of nitrogens with one attached hydrogen (secondary N) is 1. The highest BCUT2D eigenvalue weighted by Gasteiger charge is 2.52. The van der Waals surface area contributed by atoms with Gasteiger partial charge in [-0.1, -0.05) is 12.1 Å². The Bertz CT molecular complexity index is 748. The number of aromatic nitrogens is 2. The molecular formula is C16H17N5O2. The fourth-order valence-corrected chi connectivity index (χ4v) is 3.24. The Hall–Kier alpha value is -2.67. The molecule has 2 N–H and O–H groups in total. The van der Waals surface area contributed by atoms with Crippen LogP contribution < -0.4 is 15.3 Å². The first-order chi connectivity index (χ1) is 11.2. The smallest absolute Gasteiger partial charge is 0.277 e. The van der Waals surface area contributed by atoms with Crippen molar-refractivity contribution in [3.8, 4) is 0 Å². The third kappa shape index (κ3) is 2.20. The molecule has 2 saturated heterocycles. The zero-order chi connectivity index (χ0) is 16.0. The van der Waals surface area contributed by atoms with Crippen LogP contribution in [-0.2, 0) is 0 Å². The van der Waals surface area contributed by atoms with Gasteiger partial charge in [-0.25, -0.2) is 15.4 Å². The largest absolute Gasteiger partial charge is 0.362 e. The van der Waals surface area contributed by atoms with E-state index in [1.54, 1.807) is 5.48 Å². The van der Waals surface area contributed by atoms with E-state index in [4.69, 9.17) is 5.21 Å². The van der Waals surface area contributed by atoms with Gasteiger partial charge in [0.1, 0.15) is 0 Å². The molecule has 1 amide bonds. The average molecular weight is 311 g/mol. The maximum Gasteiger partial charge on any atom is 0.277 e. The quantitative estimate of drug-likeness (QED) is 0.650. The number of hydrogen-bond acceptors (Lipinski definition) is 6. The van der Waals surface area contributed by atoms with Crippen molar-refractivity contribution in [3.05, 3.63) is 47.8 Å². The number of hydroxylamine groups is 1. The number of rotatable bonds is 3. The molecule has 1 aromatic carbocycles. The second kappa shape index (κ2) is 5.20. The summed E-state index contributed by atoms with van der Waals surface area (Å²) in [6, 6.07) is 9.46. The molecule has 7 heteroatoms. The van der Waals surface area contributed by atoms with E-state index < -0.39 is 5.91 Å². The van der Waals surface area contributed by atoms with Crippen LogP contribution in [0.4, 0.5) is 11.6 Å². The third-order valence-electron chi connectivity index (χ3n) is 4.60. The van der Waals surface area contributed by atoms with Gasteiger partial charge in [-0.05, 0) is 24.6 Å². The number of aryl methyl sites for hydroxylation is 1. The molecule has 2 aliphatic heterocycles. The van der Waals surface area contributed by atoms with E-state index >= 15 is 0 Å². The van der Waals surface area contributed by atoms with Gasteiger partial charge in [-0.15, -0.1) is 0 Å². The SMILES string of the molecule is Cc1cccc(N2C[C@@H]3C2CN3c2ncc(C(=O)NO)cn2)c1. The molecule has 7 nitrogen and oxygen atoms in total. The van der Waals surface area contributed by atoms with Crippen LogP contribution in [0.2, 0.25) is 0 Å². The molecule has 0 saturated carbocycles. The van der Waals surface area contributed by atoms with Crippen LogP contribution in [0.3, 0.4) is 0 Å². The van der Waals surface area contributed by atoms with Crippen LogP contribution in [0.5, 0.6) is 0 Å². The van der Waals surface area contributed by atoms with Crippen molar-refractivity contribution in [1.82, 2.24) is 15.4 Å². The number of piperazine rings is 1. The van der Waals surface area contributed by atoms with E-state index in [0.717, 1.165) is 13.1 Å². The minimum Gasteiger partial charge on any atom is -0.362 e. The van der Waals surface area contributed by atoms with Crippen molar-refractivity contribution in [3.63, 3.8) is 0 Å². The summed E-state index contributed by atoms with van der Waals surface area (Å²) in [6.45, 7) is 3.94. The molecule has 1 unspecified atom stereocenters. The summed E-state index contributed by atoms with van der Waals surface area (Å²) in [5, 5.41) is 8.60. The Labute approximate surface area is 133 Å². The summed E-state index contributed by atoms with van der Waals surface area (Å²) in [6.07, 6.45) is 2.86. The predicted octanol–water partition coefficient (Wildman–Crippen LogP) is 0.981. The van der Waals surface area contributed by atoms with E-state index in [2.05, 4.69) is 51.0 Å². The van der Waals surface area contributed by atoms with Crippen LogP contribution in [0.1, 0.15) is 15.9 Å². The van der Waals surface area contributed by atoms with E-state index in [1.807, 2.05) is 0 Å². The number of amides is 1. The average Bonchev–Trinajstić information content (AvgIpc) is 2.56. The van der Waals surface area contributed by atoms with Gasteiger partial charge >= 0.3 is 0 Å². The van der Waals surface area contributed by atoms with Crippen LogP contribution >= 0.6 is 0 Å². The predicted molar refractivity (Wildman–Crippen MR) is 84.7 cm³/mol. The maximum atomic E-state index is 11.3. The molecule has 0 spiro atoms. The second-order valence-electron chi connectivity index (χ2n) is 5.99. The highest BCUT2D eigenvalue weighted by atomic mass is 16.5. The van der Waals surface area contributed by atoms with Gasteiger partial charge in [0.2, 0.25) is 5.95 Å². The van der Waals surface area contributed by atoms with Crippen molar-refractivity contribution in [1.29, 1.82) is 0 Å². The number of hydrogen-bond donors (Lipinski definition) is 2. The van der Waals surface area contributed by atoms with E-state index in [-0.39, 0.29) is 5.56 Å². The molecule has 2 aliphatic rings. The van der Waals surface area contributed by atoms with Crippen molar-refractivity contribution in [2.45, 2.75) is 19.0 Å². The van der Waals surface area contributed by atoms with Crippen molar-refractivity contribution >= 4 is 17.5 Å². The van der Waals surface area contributed by atoms with Gasteiger partial charge in [-0.3, -0.25) is 10.0 Å². The monoisotopic (exact) mass is 311 g/mol. The number of fused-ring (bicyclic) bond motifs is 1. The summed E-state index contributed by atoms with van der Waals surface area (Å²) in [4.78, 5) is 24.3. The Morgan fingerprint density at radius 3 is 2.52 bits per heavy atom.